The zero-order chi connectivity index (χ0) is 28.6. The lowest BCUT2D eigenvalue weighted by Gasteiger charge is -2.60. The van der Waals surface area contributed by atoms with Gasteiger partial charge in [-0.1, -0.05) is 32.9 Å². The van der Waals surface area contributed by atoms with Crippen molar-refractivity contribution < 1.29 is 43.2 Å². The first-order chi connectivity index (χ1) is 17.6. The fourth-order valence-electron chi connectivity index (χ4n) is 6.98. The first-order valence-electron chi connectivity index (χ1n) is 13.2. The third-order valence-corrected chi connectivity index (χ3v) is 8.59. The highest BCUT2D eigenvalue weighted by atomic mass is 16.7. The standard InChI is InChI=1S/C29H44O9/c1-16(30)38-20-12-17(14-36-26(33)27(2,3)4)23(37-15-34-8)18-10-11-21-28(5,6)24(31)19(25(32)35-9)13-29(21,7)22(18)20/h10-11,17-18,20-23,31H,12-15H2,1-9H3/t17-,18+,20+,21+,22-,23+,29+/m1/s1. The second-order valence-electron chi connectivity index (χ2n) is 12.7. The molecule has 0 heterocycles. The number of methoxy groups -OCH3 is 2. The number of allylic oxidation sites excluding steroid dienone is 2. The van der Waals surface area contributed by atoms with Crippen LogP contribution in [0.4, 0.5) is 0 Å². The van der Waals surface area contributed by atoms with Crippen molar-refractivity contribution in [1.29, 1.82) is 0 Å². The molecule has 0 amide bonds. The van der Waals surface area contributed by atoms with E-state index in [-0.39, 0.29) is 60.8 Å². The summed E-state index contributed by atoms with van der Waals surface area (Å²) in [5.74, 6) is -2.16. The van der Waals surface area contributed by atoms with Gasteiger partial charge >= 0.3 is 17.9 Å². The Morgan fingerprint density at radius 2 is 1.76 bits per heavy atom. The molecule has 0 aliphatic heterocycles. The molecule has 7 atom stereocenters. The van der Waals surface area contributed by atoms with Crippen LogP contribution in [0.15, 0.2) is 23.5 Å². The molecular weight excluding hydrogens is 492 g/mol. The van der Waals surface area contributed by atoms with Crippen LogP contribution in [0.3, 0.4) is 0 Å². The van der Waals surface area contributed by atoms with E-state index < -0.39 is 40.4 Å². The number of ether oxygens (including phenoxy) is 5. The molecule has 0 aromatic rings. The number of hydrogen-bond donors (Lipinski definition) is 1. The molecule has 1 N–H and O–H groups in total. The van der Waals surface area contributed by atoms with Crippen LogP contribution < -0.4 is 0 Å². The van der Waals surface area contributed by atoms with E-state index in [0.29, 0.717) is 6.42 Å². The molecule has 0 aromatic heterocycles. The van der Waals surface area contributed by atoms with E-state index >= 15 is 0 Å². The lowest BCUT2D eigenvalue weighted by Crippen LogP contribution is -2.61. The van der Waals surface area contributed by atoms with Crippen LogP contribution in [0.25, 0.3) is 0 Å². The molecule has 0 spiro atoms. The molecule has 3 aliphatic carbocycles. The third kappa shape index (κ3) is 5.50. The number of hydrogen-bond acceptors (Lipinski definition) is 9. The molecule has 3 rings (SSSR count). The summed E-state index contributed by atoms with van der Waals surface area (Å²) in [6, 6.07) is 0. The van der Waals surface area contributed by atoms with Crippen molar-refractivity contribution in [2.24, 2.45) is 39.9 Å². The molecule has 9 nitrogen and oxygen atoms in total. The molecule has 0 saturated heterocycles. The van der Waals surface area contributed by atoms with E-state index in [2.05, 4.69) is 19.1 Å². The van der Waals surface area contributed by atoms with Crippen molar-refractivity contribution in [3.05, 3.63) is 23.5 Å². The number of carbonyl (C=O) groups excluding carboxylic acids is 3. The van der Waals surface area contributed by atoms with Crippen molar-refractivity contribution in [3.8, 4) is 0 Å². The van der Waals surface area contributed by atoms with Crippen molar-refractivity contribution >= 4 is 17.9 Å². The Hall–Kier alpha value is -2.39. The lowest BCUT2D eigenvalue weighted by atomic mass is 9.45. The van der Waals surface area contributed by atoms with Gasteiger partial charge in [-0.05, 0) is 44.9 Å². The predicted molar refractivity (Wildman–Crippen MR) is 139 cm³/mol. The summed E-state index contributed by atoms with van der Waals surface area (Å²) in [4.78, 5) is 37.6. The van der Waals surface area contributed by atoms with Crippen LogP contribution in [-0.4, -0.2) is 62.8 Å². The summed E-state index contributed by atoms with van der Waals surface area (Å²) in [6.45, 7) is 12.8. The molecule has 1 saturated carbocycles. The maximum Gasteiger partial charge on any atom is 0.337 e. The van der Waals surface area contributed by atoms with Crippen LogP contribution in [-0.2, 0) is 38.1 Å². The highest BCUT2D eigenvalue weighted by Crippen LogP contribution is 2.63. The minimum absolute atomic E-state index is 0.0222. The summed E-state index contributed by atoms with van der Waals surface area (Å²) < 4.78 is 28.2. The van der Waals surface area contributed by atoms with Crippen molar-refractivity contribution in [3.63, 3.8) is 0 Å². The molecule has 0 radical (unpaired) electrons. The number of aliphatic hydroxyl groups excluding tert-OH is 1. The Morgan fingerprint density at radius 1 is 1.11 bits per heavy atom. The van der Waals surface area contributed by atoms with Gasteiger partial charge in [0.05, 0.1) is 30.8 Å². The average Bonchev–Trinajstić information content (AvgIpc) is 2.82. The quantitative estimate of drug-likeness (QED) is 0.219. The third-order valence-electron chi connectivity index (χ3n) is 8.59. The van der Waals surface area contributed by atoms with E-state index in [0.717, 1.165) is 0 Å². The number of esters is 3. The zero-order valence-corrected chi connectivity index (χ0v) is 24.2. The minimum atomic E-state index is -0.763. The summed E-state index contributed by atoms with van der Waals surface area (Å²) in [5.41, 5.74) is -1.77. The number of carbonyl (C=O) groups is 3. The van der Waals surface area contributed by atoms with Crippen LogP contribution in [0.2, 0.25) is 0 Å². The molecule has 0 aromatic carbocycles. The van der Waals surface area contributed by atoms with E-state index in [9.17, 15) is 19.5 Å². The topological polar surface area (TPSA) is 118 Å². The van der Waals surface area contributed by atoms with Crippen molar-refractivity contribution in [1.82, 2.24) is 0 Å². The molecule has 9 heteroatoms. The Balaban J connectivity index is 2.09. The Morgan fingerprint density at radius 3 is 2.32 bits per heavy atom. The molecule has 0 bridgehead atoms. The Bertz CT molecular complexity index is 988. The maximum absolute atomic E-state index is 12.8. The smallest absolute Gasteiger partial charge is 0.337 e. The summed E-state index contributed by atoms with van der Waals surface area (Å²) in [7, 11) is 2.85. The highest BCUT2D eigenvalue weighted by molar-refractivity contribution is 5.89. The molecule has 0 unspecified atom stereocenters. The molecule has 214 valence electrons. The molecule has 3 aliphatic rings. The monoisotopic (exact) mass is 536 g/mol. The number of rotatable bonds is 7. The van der Waals surface area contributed by atoms with Crippen molar-refractivity contribution in [2.45, 2.75) is 73.5 Å². The van der Waals surface area contributed by atoms with Gasteiger partial charge in [0, 0.05) is 37.2 Å². The van der Waals surface area contributed by atoms with Crippen LogP contribution >= 0.6 is 0 Å². The van der Waals surface area contributed by atoms with Gasteiger partial charge in [-0.25, -0.2) is 4.79 Å². The zero-order valence-electron chi connectivity index (χ0n) is 24.2. The second kappa shape index (κ2) is 11.0. The van der Waals surface area contributed by atoms with E-state index in [4.69, 9.17) is 23.7 Å². The second-order valence-corrected chi connectivity index (χ2v) is 12.7. The fraction of sp³-hybridized carbons (Fsp3) is 0.759. The first-order valence-corrected chi connectivity index (χ1v) is 13.2. The Kier molecular flexibility index (Phi) is 8.73. The summed E-state index contributed by atoms with van der Waals surface area (Å²) in [5, 5.41) is 11.1. The van der Waals surface area contributed by atoms with E-state index in [1.807, 2.05) is 13.8 Å². The SMILES string of the molecule is COCO[C@H]1[C@@H](COC(=O)C(C)(C)C)C[C@H](OC(C)=O)[C@H]2[C@@H]1C=C[C@H]1C(C)(C)C(O)=C(C(=O)OC)C[C@]21C. The first kappa shape index (κ1) is 30.2. The molecule has 38 heavy (non-hydrogen) atoms. The van der Waals surface area contributed by atoms with Gasteiger partial charge in [-0.3, -0.25) is 9.59 Å². The number of fused-ring (bicyclic) bond motifs is 3. The van der Waals surface area contributed by atoms with Crippen LogP contribution in [0.1, 0.15) is 61.3 Å². The van der Waals surface area contributed by atoms with Gasteiger partial charge in [-0.2, -0.15) is 0 Å². The van der Waals surface area contributed by atoms with Gasteiger partial charge in [0.25, 0.3) is 0 Å². The molecule has 1 fully saturated rings. The van der Waals surface area contributed by atoms with Crippen molar-refractivity contribution in [2.75, 3.05) is 27.6 Å². The number of aliphatic hydroxyl groups is 1. The largest absolute Gasteiger partial charge is 0.511 e. The maximum atomic E-state index is 12.8. The summed E-state index contributed by atoms with van der Waals surface area (Å²) in [6.07, 6.45) is 3.91. The predicted octanol–water partition coefficient (Wildman–Crippen LogP) is 4.36. The van der Waals surface area contributed by atoms with Gasteiger partial charge in [0.2, 0.25) is 0 Å². The highest BCUT2D eigenvalue weighted by Gasteiger charge is 2.62. The fourth-order valence-corrected chi connectivity index (χ4v) is 6.98. The molecular formula is C29H44O9. The van der Waals surface area contributed by atoms with E-state index in [1.165, 1.54) is 14.0 Å². The van der Waals surface area contributed by atoms with Crippen LogP contribution in [0.5, 0.6) is 0 Å². The lowest BCUT2D eigenvalue weighted by molar-refractivity contribution is -0.203. The average molecular weight is 537 g/mol. The normalized spacial score (nSPS) is 34.1. The Labute approximate surface area is 225 Å². The van der Waals surface area contributed by atoms with Gasteiger partial charge in [0.15, 0.2) is 0 Å². The van der Waals surface area contributed by atoms with Gasteiger partial charge < -0.3 is 28.8 Å². The van der Waals surface area contributed by atoms with Gasteiger partial charge in [0.1, 0.15) is 18.7 Å². The van der Waals surface area contributed by atoms with Crippen LogP contribution in [0, 0.1) is 39.9 Å². The minimum Gasteiger partial charge on any atom is -0.511 e. The summed E-state index contributed by atoms with van der Waals surface area (Å²) >= 11 is 0. The van der Waals surface area contributed by atoms with E-state index in [1.54, 1.807) is 27.9 Å². The van der Waals surface area contributed by atoms with Gasteiger partial charge in [-0.15, -0.1) is 0 Å².